The number of hydrogen-bond acceptors (Lipinski definition) is 4. The van der Waals surface area contributed by atoms with Crippen molar-refractivity contribution in [3.05, 3.63) is 29.3 Å². The van der Waals surface area contributed by atoms with Crippen LogP contribution in [-0.4, -0.2) is 28.4 Å². The summed E-state index contributed by atoms with van der Waals surface area (Å²) < 4.78 is 38.0. The van der Waals surface area contributed by atoms with Gasteiger partial charge in [-0.05, 0) is 18.2 Å². The standard InChI is InChI=1S/C11H8BrF3N2O2.C4H9NO/c12-4-9(18)10(19)17-7-2-1-6(5-16)8(3-7)11(13,14)15;1-3(2)4(5)6/h1-3,9,18H,4H2,(H,17,19);3H,1-2H3,(H2,5,6)/t9-;/m0./s1. The smallest absolute Gasteiger partial charge is 0.382 e. The average Bonchev–Trinajstić information content (AvgIpc) is 2.53. The number of nitrogens with zero attached hydrogens (tertiary/aromatic N) is 1. The van der Waals surface area contributed by atoms with E-state index in [1.54, 1.807) is 13.8 Å². The van der Waals surface area contributed by atoms with E-state index >= 15 is 0 Å². The third kappa shape index (κ3) is 8.00. The van der Waals surface area contributed by atoms with Crippen molar-refractivity contribution in [2.75, 3.05) is 10.6 Å². The van der Waals surface area contributed by atoms with E-state index < -0.39 is 29.3 Å². The van der Waals surface area contributed by atoms with Gasteiger partial charge in [0.15, 0.2) is 0 Å². The highest BCUT2D eigenvalue weighted by Crippen LogP contribution is 2.33. The molecule has 0 aromatic heterocycles. The number of halogens is 4. The molecular formula is C15H17BrF3N3O3. The Balaban J connectivity index is 0.000000823. The van der Waals surface area contributed by atoms with Gasteiger partial charge in [-0.15, -0.1) is 0 Å². The Labute approximate surface area is 150 Å². The molecule has 25 heavy (non-hydrogen) atoms. The van der Waals surface area contributed by atoms with Crippen LogP contribution in [0.1, 0.15) is 25.0 Å². The average molecular weight is 424 g/mol. The molecule has 0 spiro atoms. The van der Waals surface area contributed by atoms with Crippen LogP contribution in [0.4, 0.5) is 18.9 Å². The predicted molar refractivity (Wildman–Crippen MR) is 88.6 cm³/mol. The zero-order valence-corrected chi connectivity index (χ0v) is 15.0. The minimum absolute atomic E-state index is 0.00926. The van der Waals surface area contributed by atoms with E-state index in [1.807, 2.05) is 0 Å². The zero-order valence-electron chi connectivity index (χ0n) is 13.4. The molecule has 1 aromatic rings. The number of aliphatic hydroxyl groups excluding tert-OH is 1. The molecule has 0 heterocycles. The van der Waals surface area contributed by atoms with Gasteiger partial charge in [-0.2, -0.15) is 18.4 Å². The van der Waals surface area contributed by atoms with Crippen LogP contribution in [0.15, 0.2) is 18.2 Å². The number of alkyl halides is 4. The summed E-state index contributed by atoms with van der Waals surface area (Å²) in [5.41, 5.74) is 2.98. The summed E-state index contributed by atoms with van der Waals surface area (Å²) >= 11 is 2.86. The Morgan fingerprint density at radius 3 is 2.28 bits per heavy atom. The molecule has 138 valence electrons. The molecule has 1 atom stereocenters. The van der Waals surface area contributed by atoms with E-state index in [-0.39, 0.29) is 22.8 Å². The first-order valence-electron chi connectivity index (χ1n) is 6.89. The highest BCUT2D eigenvalue weighted by Gasteiger charge is 2.34. The van der Waals surface area contributed by atoms with E-state index in [2.05, 4.69) is 21.2 Å². The molecule has 0 fully saturated rings. The lowest BCUT2D eigenvalue weighted by Crippen LogP contribution is -2.28. The second-order valence-corrected chi connectivity index (χ2v) is 5.73. The fourth-order valence-electron chi connectivity index (χ4n) is 1.25. The Morgan fingerprint density at radius 1 is 1.40 bits per heavy atom. The Kier molecular flexibility index (Phi) is 9.16. The molecule has 2 amide bonds. The van der Waals surface area contributed by atoms with Crippen LogP contribution in [-0.2, 0) is 15.8 Å². The molecule has 0 unspecified atom stereocenters. The highest BCUT2D eigenvalue weighted by atomic mass is 79.9. The molecule has 0 aliphatic rings. The predicted octanol–water partition coefficient (Wildman–Crippen LogP) is 2.40. The summed E-state index contributed by atoms with van der Waals surface area (Å²) in [6.07, 6.45) is -6.06. The van der Waals surface area contributed by atoms with Crippen LogP contribution in [0, 0.1) is 17.2 Å². The van der Waals surface area contributed by atoms with E-state index in [1.165, 1.54) is 6.07 Å². The van der Waals surface area contributed by atoms with Crippen molar-refractivity contribution in [3.63, 3.8) is 0 Å². The number of nitriles is 1. The van der Waals surface area contributed by atoms with Crippen molar-refractivity contribution in [3.8, 4) is 6.07 Å². The molecule has 1 aromatic carbocycles. The molecule has 0 saturated carbocycles. The van der Waals surface area contributed by atoms with Gasteiger partial charge in [-0.1, -0.05) is 29.8 Å². The van der Waals surface area contributed by atoms with Crippen molar-refractivity contribution in [1.82, 2.24) is 0 Å². The monoisotopic (exact) mass is 423 g/mol. The van der Waals surface area contributed by atoms with Crippen LogP contribution in [0.5, 0.6) is 0 Å². The lowest BCUT2D eigenvalue weighted by atomic mass is 10.1. The molecule has 0 bridgehead atoms. The number of nitrogens with two attached hydrogens (primary N) is 1. The molecule has 0 saturated heterocycles. The summed E-state index contributed by atoms with van der Waals surface area (Å²) in [7, 11) is 0. The molecule has 6 nitrogen and oxygen atoms in total. The van der Waals surface area contributed by atoms with Crippen molar-refractivity contribution < 1.29 is 27.9 Å². The fraction of sp³-hybridized carbons (Fsp3) is 0.400. The molecule has 0 aliphatic heterocycles. The van der Waals surface area contributed by atoms with Crippen LogP contribution in [0.25, 0.3) is 0 Å². The number of nitrogens with one attached hydrogen (secondary N) is 1. The summed E-state index contributed by atoms with van der Waals surface area (Å²) in [6.45, 7) is 3.53. The van der Waals surface area contributed by atoms with Gasteiger partial charge in [0.25, 0.3) is 5.91 Å². The van der Waals surface area contributed by atoms with Gasteiger partial charge in [0.05, 0.1) is 17.2 Å². The van der Waals surface area contributed by atoms with E-state index in [0.717, 1.165) is 12.1 Å². The zero-order chi connectivity index (χ0) is 19.8. The topological polar surface area (TPSA) is 116 Å². The lowest BCUT2D eigenvalue weighted by Gasteiger charge is -2.12. The number of aliphatic hydroxyl groups is 1. The SMILES string of the molecule is CC(C)C(N)=O.N#Cc1ccc(NC(=O)[C@@H](O)CBr)cc1C(F)(F)F. The molecule has 1 rings (SSSR count). The molecule has 10 heteroatoms. The number of amides is 2. The minimum Gasteiger partial charge on any atom is -0.382 e. The van der Waals surface area contributed by atoms with Gasteiger partial charge in [-0.3, -0.25) is 9.59 Å². The van der Waals surface area contributed by atoms with Crippen LogP contribution in [0.2, 0.25) is 0 Å². The summed E-state index contributed by atoms with van der Waals surface area (Å²) in [5, 5.41) is 19.9. The van der Waals surface area contributed by atoms with Gasteiger partial charge < -0.3 is 16.2 Å². The lowest BCUT2D eigenvalue weighted by molar-refractivity contribution is -0.137. The van der Waals surface area contributed by atoms with Crippen molar-refractivity contribution in [2.45, 2.75) is 26.1 Å². The fourth-order valence-corrected chi connectivity index (χ4v) is 1.54. The van der Waals surface area contributed by atoms with Crippen LogP contribution < -0.4 is 11.1 Å². The van der Waals surface area contributed by atoms with Gasteiger partial charge in [0, 0.05) is 16.9 Å². The first kappa shape index (κ1) is 22.9. The minimum atomic E-state index is -4.69. The number of carbonyl (C=O) groups is 2. The van der Waals surface area contributed by atoms with Gasteiger partial charge >= 0.3 is 6.18 Å². The van der Waals surface area contributed by atoms with E-state index in [9.17, 15) is 27.9 Å². The Bertz CT molecular complexity index is 658. The quantitative estimate of drug-likeness (QED) is 0.644. The first-order chi connectivity index (χ1) is 11.4. The number of hydrogen-bond donors (Lipinski definition) is 3. The third-order valence-electron chi connectivity index (χ3n) is 2.73. The van der Waals surface area contributed by atoms with Gasteiger partial charge in [-0.25, -0.2) is 0 Å². The van der Waals surface area contributed by atoms with Crippen molar-refractivity contribution >= 4 is 33.4 Å². The van der Waals surface area contributed by atoms with Crippen LogP contribution >= 0.6 is 15.9 Å². The van der Waals surface area contributed by atoms with E-state index in [0.29, 0.717) is 6.07 Å². The highest BCUT2D eigenvalue weighted by molar-refractivity contribution is 9.09. The molecule has 0 aliphatic carbocycles. The summed E-state index contributed by atoms with van der Waals surface area (Å²) in [5.74, 6) is -1.09. The third-order valence-corrected chi connectivity index (χ3v) is 3.34. The number of rotatable bonds is 4. The summed E-state index contributed by atoms with van der Waals surface area (Å²) in [6, 6.07) is 4.19. The second kappa shape index (κ2) is 10.0. The normalized spacial score (nSPS) is 11.8. The number of benzene rings is 1. The molecule has 0 radical (unpaired) electrons. The number of primary amides is 1. The maximum Gasteiger partial charge on any atom is 0.417 e. The Hall–Kier alpha value is -2.12. The maximum absolute atomic E-state index is 12.7. The summed E-state index contributed by atoms with van der Waals surface area (Å²) in [4.78, 5) is 21.2. The molecular weight excluding hydrogens is 407 g/mol. The number of anilines is 1. The maximum atomic E-state index is 12.7. The van der Waals surface area contributed by atoms with Gasteiger partial charge in [0.1, 0.15) is 6.10 Å². The second-order valence-electron chi connectivity index (χ2n) is 5.09. The van der Waals surface area contributed by atoms with Crippen molar-refractivity contribution in [2.24, 2.45) is 11.7 Å². The first-order valence-corrected chi connectivity index (χ1v) is 8.01. The van der Waals surface area contributed by atoms with Crippen molar-refractivity contribution in [1.29, 1.82) is 5.26 Å². The van der Waals surface area contributed by atoms with Gasteiger partial charge in [0.2, 0.25) is 5.91 Å². The van der Waals surface area contributed by atoms with E-state index in [4.69, 9.17) is 11.0 Å². The number of carbonyl (C=O) groups excluding carboxylic acids is 2. The largest absolute Gasteiger partial charge is 0.417 e. The molecule has 4 N–H and O–H groups in total. The van der Waals surface area contributed by atoms with Crippen LogP contribution in [0.3, 0.4) is 0 Å². The Morgan fingerprint density at radius 2 is 1.92 bits per heavy atom.